The number of nitrogens with zero attached hydrogens (tertiary/aromatic N) is 2. The van der Waals surface area contributed by atoms with Crippen molar-refractivity contribution in [2.24, 2.45) is 5.92 Å². The second kappa shape index (κ2) is 7.51. The number of aryl methyl sites for hydroxylation is 1. The third kappa shape index (κ3) is 3.92. The molecule has 2 atom stereocenters. The van der Waals surface area contributed by atoms with Crippen LogP contribution < -0.4 is 5.32 Å². The second-order valence-electron chi connectivity index (χ2n) is 5.46. The van der Waals surface area contributed by atoms with E-state index < -0.39 is 0 Å². The number of carbonyl (C=O) groups is 1. The maximum absolute atomic E-state index is 12.0. The quantitative estimate of drug-likeness (QED) is 0.854. The fourth-order valence-electron chi connectivity index (χ4n) is 2.77. The minimum Gasteiger partial charge on any atom is -0.373 e. The number of H-pyrrole nitrogens is 1. The number of amides is 1. The molecule has 1 aliphatic heterocycles. The predicted molar refractivity (Wildman–Crippen MR) is 83.4 cm³/mol. The van der Waals surface area contributed by atoms with Crippen molar-refractivity contribution >= 4 is 17.2 Å². The van der Waals surface area contributed by atoms with Crippen LogP contribution in [0.4, 0.5) is 0 Å². The molecule has 0 radical (unpaired) electrons. The summed E-state index contributed by atoms with van der Waals surface area (Å²) >= 11 is 1.59. The molecule has 2 aromatic rings. The van der Waals surface area contributed by atoms with Crippen LogP contribution in [0, 0.1) is 5.92 Å². The van der Waals surface area contributed by atoms with E-state index in [0.717, 1.165) is 30.0 Å². The van der Waals surface area contributed by atoms with Crippen molar-refractivity contribution in [3.8, 4) is 0 Å². The number of ether oxygens (including phenoxy) is 1. The van der Waals surface area contributed by atoms with Crippen LogP contribution in [0.3, 0.4) is 0 Å². The van der Waals surface area contributed by atoms with Gasteiger partial charge >= 0.3 is 0 Å². The molecule has 1 saturated heterocycles. The minimum absolute atomic E-state index is 0.0202. The van der Waals surface area contributed by atoms with Crippen LogP contribution in [0.25, 0.3) is 0 Å². The zero-order valence-corrected chi connectivity index (χ0v) is 13.1. The maximum Gasteiger partial charge on any atom is 0.220 e. The summed E-state index contributed by atoms with van der Waals surface area (Å²) in [5.41, 5.74) is 1.06. The lowest BCUT2D eigenvalue weighted by Gasteiger charge is -2.31. The molecule has 7 heteroatoms. The van der Waals surface area contributed by atoms with Crippen LogP contribution in [0.2, 0.25) is 0 Å². The average molecular weight is 320 g/mol. The number of carbonyl (C=O) groups excluding carboxylic acids is 1. The summed E-state index contributed by atoms with van der Waals surface area (Å²) in [6, 6.07) is 0. The van der Waals surface area contributed by atoms with Gasteiger partial charge in [-0.1, -0.05) is 0 Å². The molecule has 118 valence electrons. The fourth-order valence-corrected chi connectivity index (χ4v) is 3.39. The predicted octanol–water partition coefficient (Wildman–Crippen LogP) is 2.08. The number of hydrogen-bond donors (Lipinski definition) is 2. The van der Waals surface area contributed by atoms with Gasteiger partial charge in [0.1, 0.15) is 0 Å². The molecule has 0 aromatic carbocycles. The molecule has 2 aromatic heterocycles. The molecule has 0 unspecified atom stereocenters. The Morgan fingerprint density at radius 1 is 1.55 bits per heavy atom. The maximum atomic E-state index is 12.0. The SMILES string of the molecule is O=C(CCc1nccs1)NC[C@@H]1CCCO[C@H]1c1cn[nH]c1. The Hall–Kier alpha value is -1.73. The van der Waals surface area contributed by atoms with E-state index in [1.54, 1.807) is 23.7 Å². The largest absolute Gasteiger partial charge is 0.373 e. The summed E-state index contributed by atoms with van der Waals surface area (Å²) in [5.74, 6) is 0.377. The number of rotatable bonds is 6. The van der Waals surface area contributed by atoms with Gasteiger partial charge in [-0.05, 0) is 12.8 Å². The molecule has 0 aliphatic carbocycles. The Labute approximate surface area is 133 Å². The molecular formula is C15H20N4O2S. The molecule has 0 bridgehead atoms. The van der Waals surface area contributed by atoms with Gasteiger partial charge in [0.15, 0.2) is 0 Å². The molecule has 6 nitrogen and oxygen atoms in total. The summed E-state index contributed by atoms with van der Waals surface area (Å²) in [5, 5.41) is 12.8. The van der Waals surface area contributed by atoms with Crippen molar-refractivity contribution in [2.75, 3.05) is 13.2 Å². The molecular weight excluding hydrogens is 300 g/mol. The highest BCUT2D eigenvalue weighted by atomic mass is 32.1. The highest BCUT2D eigenvalue weighted by Crippen LogP contribution is 2.32. The zero-order chi connectivity index (χ0) is 15.2. The van der Waals surface area contributed by atoms with Gasteiger partial charge in [0.05, 0.1) is 17.3 Å². The van der Waals surface area contributed by atoms with Crippen LogP contribution in [0.1, 0.15) is 35.9 Å². The molecule has 2 N–H and O–H groups in total. The molecule has 3 heterocycles. The number of thiazole rings is 1. The number of aromatic nitrogens is 3. The lowest BCUT2D eigenvalue weighted by atomic mass is 9.91. The van der Waals surface area contributed by atoms with E-state index >= 15 is 0 Å². The second-order valence-corrected chi connectivity index (χ2v) is 6.43. The van der Waals surface area contributed by atoms with E-state index in [1.165, 1.54) is 0 Å². The van der Waals surface area contributed by atoms with Crippen molar-refractivity contribution in [3.63, 3.8) is 0 Å². The standard InChI is InChI=1S/C15H20N4O2S/c20-13(3-4-14-16-5-7-22-14)17-8-11-2-1-6-21-15(11)12-9-18-19-10-12/h5,7,9-11,15H,1-4,6,8H2,(H,17,20)(H,18,19)/t11-,15+/m0/s1. The molecule has 1 amide bonds. The first-order valence-electron chi connectivity index (χ1n) is 7.58. The van der Waals surface area contributed by atoms with E-state index in [2.05, 4.69) is 20.5 Å². The highest BCUT2D eigenvalue weighted by molar-refractivity contribution is 7.09. The van der Waals surface area contributed by atoms with Crippen molar-refractivity contribution in [1.29, 1.82) is 0 Å². The fraction of sp³-hybridized carbons (Fsp3) is 0.533. The normalized spacial score (nSPS) is 21.6. The van der Waals surface area contributed by atoms with Gasteiger partial charge < -0.3 is 10.1 Å². The van der Waals surface area contributed by atoms with Crippen molar-refractivity contribution in [3.05, 3.63) is 34.5 Å². The molecule has 1 fully saturated rings. The van der Waals surface area contributed by atoms with E-state index in [9.17, 15) is 4.79 Å². The topological polar surface area (TPSA) is 79.9 Å². The Morgan fingerprint density at radius 2 is 2.50 bits per heavy atom. The average Bonchev–Trinajstić information content (AvgIpc) is 3.24. The van der Waals surface area contributed by atoms with Gasteiger partial charge in [0.25, 0.3) is 0 Å². The summed E-state index contributed by atoms with van der Waals surface area (Å²) in [7, 11) is 0. The molecule has 22 heavy (non-hydrogen) atoms. The van der Waals surface area contributed by atoms with Crippen molar-refractivity contribution in [1.82, 2.24) is 20.5 Å². The van der Waals surface area contributed by atoms with E-state index in [0.29, 0.717) is 25.3 Å². The van der Waals surface area contributed by atoms with Gasteiger partial charge in [-0.15, -0.1) is 11.3 Å². The van der Waals surface area contributed by atoms with Crippen LogP contribution >= 0.6 is 11.3 Å². The van der Waals surface area contributed by atoms with Gasteiger partial charge in [-0.25, -0.2) is 4.98 Å². The first-order valence-corrected chi connectivity index (χ1v) is 8.46. The highest BCUT2D eigenvalue weighted by Gasteiger charge is 2.28. The van der Waals surface area contributed by atoms with Crippen LogP contribution in [0.5, 0.6) is 0 Å². The Morgan fingerprint density at radius 3 is 3.27 bits per heavy atom. The first kappa shape index (κ1) is 15.2. The lowest BCUT2D eigenvalue weighted by molar-refractivity contribution is -0.121. The number of aromatic amines is 1. The summed E-state index contributed by atoms with van der Waals surface area (Å²) < 4.78 is 5.87. The summed E-state index contributed by atoms with van der Waals surface area (Å²) in [6.07, 6.45) is 8.74. The number of nitrogens with one attached hydrogen (secondary N) is 2. The summed E-state index contributed by atoms with van der Waals surface area (Å²) in [6.45, 7) is 1.41. The molecule has 0 saturated carbocycles. The van der Waals surface area contributed by atoms with Crippen LogP contribution in [-0.2, 0) is 16.0 Å². The third-order valence-corrected chi connectivity index (χ3v) is 4.74. The first-order chi connectivity index (χ1) is 10.8. The Kier molecular flexibility index (Phi) is 5.18. The van der Waals surface area contributed by atoms with E-state index in [-0.39, 0.29) is 12.0 Å². The number of hydrogen-bond acceptors (Lipinski definition) is 5. The smallest absolute Gasteiger partial charge is 0.220 e. The molecule has 1 aliphatic rings. The summed E-state index contributed by atoms with van der Waals surface area (Å²) in [4.78, 5) is 16.2. The Balaban J connectivity index is 1.47. The monoisotopic (exact) mass is 320 g/mol. The molecule has 3 rings (SSSR count). The van der Waals surface area contributed by atoms with Gasteiger partial charge in [0, 0.05) is 55.2 Å². The van der Waals surface area contributed by atoms with Gasteiger partial charge in [-0.2, -0.15) is 5.10 Å². The molecule has 0 spiro atoms. The van der Waals surface area contributed by atoms with Gasteiger partial charge in [0.2, 0.25) is 5.91 Å². The van der Waals surface area contributed by atoms with Crippen LogP contribution in [-0.4, -0.2) is 34.2 Å². The minimum atomic E-state index is 0.0202. The lowest BCUT2D eigenvalue weighted by Crippen LogP contribution is -2.35. The third-order valence-electron chi connectivity index (χ3n) is 3.90. The van der Waals surface area contributed by atoms with E-state index in [1.807, 2.05) is 11.6 Å². The van der Waals surface area contributed by atoms with Crippen LogP contribution in [0.15, 0.2) is 24.0 Å². The van der Waals surface area contributed by atoms with Gasteiger partial charge in [-0.3, -0.25) is 9.89 Å². The van der Waals surface area contributed by atoms with Crippen molar-refractivity contribution < 1.29 is 9.53 Å². The zero-order valence-electron chi connectivity index (χ0n) is 12.3. The Bertz CT molecular complexity index is 570. The van der Waals surface area contributed by atoms with Crippen molar-refractivity contribution in [2.45, 2.75) is 31.8 Å². The van der Waals surface area contributed by atoms with E-state index in [4.69, 9.17) is 4.74 Å².